The lowest BCUT2D eigenvalue weighted by atomic mass is 10.2. The first kappa shape index (κ1) is 12.5. The molecule has 1 rings (SSSR count). The highest BCUT2D eigenvalue weighted by atomic mass is 16.5. The number of ether oxygens (including phenoxy) is 1. The van der Waals surface area contributed by atoms with Gasteiger partial charge in [-0.3, -0.25) is 0 Å². The summed E-state index contributed by atoms with van der Waals surface area (Å²) in [4.78, 5) is 6.32. The Morgan fingerprint density at radius 1 is 1.50 bits per heavy atom. The van der Waals surface area contributed by atoms with E-state index in [1.54, 1.807) is 6.07 Å². The summed E-state index contributed by atoms with van der Waals surface area (Å²) in [6, 6.07) is 5.80. The average molecular weight is 219 g/mol. The van der Waals surface area contributed by atoms with Crippen molar-refractivity contribution in [3.05, 3.63) is 23.4 Å². The molecule has 4 nitrogen and oxygen atoms in total. The van der Waals surface area contributed by atoms with Crippen molar-refractivity contribution in [3.63, 3.8) is 0 Å². The van der Waals surface area contributed by atoms with E-state index in [1.165, 1.54) is 0 Å². The lowest BCUT2D eigenvalue weighted by Gasteiger charge is -2.19. The number of likely N-dealkylation sites (N-methyl/N-ethyl adjacent to an activating group) is 1. The van der Waals surface area contributed by atoms with E-state index in [0.29, 0.717) is 18.8 Å². The van der Waals surface area contributed by atoms with Gasteiger partial charge < -0.3 is 9.64 Å². The molecule has 86 valence electrons. The molecule has 0 aliphatic carbocycles. The maximum Gasteiger partial charge on any atom is 0.146 e. The minimum absolute atomic E-state index is 0.601. The molecule has 0 N–H and O–H groups in total. The summed E-state index contributed by atoms with van der Waals surface area (Å²) in [6.07, 6.45) is 0. The second-order valence-corrected chi connectivity index (χ2v) is 3.55. The number of aromatic nitrogens is 1. The summed E-state index contributed by atoms with van der Waals surface area (Å²) in [5.41, 5.74) is 1.52. The third-order valence-corrected chi connectivity index (χ3v) is 2.27. The van der Waals surface area contributed by atoms with E-state index in [0.717, 1.165) is 18.1 Å². The van der Waals surface area contributed by atoms with Crippen molar-refractivity contribution in [2.45, 2.75) is 13.8 Å². The Labute approximate surface area is 96.5 Å². The van der Waals surface area contributed by atoms with Crippen LogP contribution in [0.3, 0.4) is 0 Å². The molecular formula is C12H17N3O. The van der Waals surface area contributed by atoms with E-state index < -0.39 is 0 Å². The van der Waals surface area contributed by atoms with Crippen LogP contribution >= 0.6 is 0 Å². The Bertz CT molecular complexity index is 384. The normalized spacial score (nSPS) is 9.88. The molecule has 0 saturated heterocycles. The van der Waals surface area contributed by atoms with Gasteiger partial charge in [0.15, 0.2) is 0 Å². The summed E-state index contributed by atoms with van der Waals surface area (Å²) in [5, 5.41) is 8.98. The molecule has 0 saturated carbocycles. The van der Waals surface area contributed by atoms with Crippen LogP contribution in [0.1, 0.15) is 18.2 Å². The first-order valence-corrected chi connectivity index (χ1v) is 5.35. The molecule has 0 fully saturated rings. The summed E-state index contributed by atoms with van der Waals surface area (Å²) < 4.78 is 5.28. The van der Waals surface area contributed by atoms with Crippen LogP contribution in [0.2, 0.25) is 0 Å². The van der Waals surface area contributed by atoms with Crippen molar-refractivity contribution in [3.8, 4) is 6.07 Å². The topological polar surface area (TPSA) is 49.1 Å². The molecule has 0 aromatic carbocycles. The SMILES string of the molecule is CCOCCN(C)c1nc(C)ccc1C#N. The number of pyridine rings is 1. The highest BCUT2D eigenvalue weighted by molar-refractivity contribution is 5.53. The third kappa shape index (κ3) is 3.21. The number of nitriles is 1. The van der Waals surface area contributed by atoms with Crippen molar-refractivity contribution in [1.82, 2.24) is 4.98 Å². The molecule has 0 spiro atoms. The van der Waals surface area contributed by atoms with Gasteiger partial charge in [0.2, 0.25) is 0 Å². The van der Waals surface area contributed by atoms with Crippen molar-refractivity contribution < 1.29 is 4.74 Å². The molecule has 16 heavy (non-hydrogen) atoms. The summed E-state index contributed by atoms with van der Waals surface area (Å²) in [5.74, 6) is 0.724. The van der Waals surface area contributed by atoms with E-state index in [-0.39, 0.29) is 0 Å². The highest BCUT2D eigenvalue weighted by Gasteiger charge is 2.08. The van der Waals surface area contributed by atoms with Gasteiger partial charge in [0, 0.05) is 25.9 Å². The van der Waals surface area contributed by atoms with Crippen LogP contribution in [0.5, 0.6) is 0 Å². The zero-order chi connectivity index (χ0) is 12.0. The molecule has 0 radical (unpaired) electrons. The minimum Gasteiger partial charge on any atom is -0.380 e. The number of aryl methyl sites for hydroxylation is 1. The van der Waals surface area contributed by atoms with Gasteiger partial charge in [-0.05, 0) is 26.0 Å². The third-order valence-electron chi connectivity index (χ3n) is 2.27. The van der Waals surface area contributed by atoms with Gasteiger partial charge in [-0.25, -0.2) is 4.98 Å². The first-order chi connectivity index (χ1) is 7.69. The number of hydrogen-bond donors (Lipinski definition) is 0. The zero-order valence-corrected chi connectivity index (χ0v) is 10.0. The van der Waals surface area contributed by atoms with Crippen LogP contribution in [0.25, 0.3) is 0 Å². The average Bonchev–Trinajstić information content (AvgIpc) is 2.29. The molecule has 1 heterocycles. The van der Waals surface area contributed by atoms with Crippen LogP contribution in [0.15, 0.2) is 12.1 Å². The van der Waals surface area contributed by atoms with Crippen molar-refractivity contribution in [1.29, 1.82) is 5.26 Å². The van der Waals surface area contributed by atoms with Gasteiger partial charge in [-0.15, -0.1) is 0 Å². The fraction of sp³-hybridized carbons (Fsp3) is 0.500. The fourth-order valence-corrected chi connectivity index (χ4v) is 1.37. The maximum absolute atomic E-state index is 8.98. The van der Waals surface area contributed by atoms with Crippen LogP contribution in [-0.2, 0) is 4.74 Å². The van der Waals surface area contributed by atoms with Crippen molar-refractivity contribution >= 4 is 5.82 Å². The molecule has 4 heteroatoms. The maximum atomic E-state index is 8.98. The monoisotopic (exact) mass is 219 g/mol. The smallest absolute Gasteiger partial charge is 0.146 e. The predicted octanol–water partition coefficient (Wildman–Crippen LogP) is 1.73. The van der Waals surface area contributed by atoms with Gasteiger partial charge in [-0.2, -0.15) is 5.26 Å². The van der Waals surface area contributed by atoms with Crippen LogP contribution in [-0.4, -0.2) is 31.8 Å². The van der Waals surface area contributed by atoms with E-state index in [2.05, 4.69) is 11.1 Å². The number of rotatable bonds is 5. The molecule has 1 aromatic rings. The molecule has 1 aromatic heterocycles. The molecule has 0 aliphatic heterocycles. The van der Waals surface area contributed by atoms with Gasteiger partial charge in [0.25, 0.3) is 0 Å². The van der Waals surface area contributed by atoms with Gasteiger partial charge in [-0.1, -0.05) is 0 Å². The second-order valence-electron chi connectivity index (χ2n) is 3.55. The number of hydrogen-bond acceptors (Lipinski definition) is 4. The lowest BCUT2D eigenvalue weighted by Crippen LogP contribution is -2.24. The van der Waals surface area contributed by atoms with Crippen LogP contribution in [0.4, 0.5) is 5.82 Å². The van der Waals surface area contributed by atoms with Crippen LogP contribution in [0, 0.1) is 18.3 Å². The van der Waals surface area contributed by atoms with E-state index in [4.69, 9.17) is 10.00 Å². The van der Waals surface area contributed by atoms with E-state index in [9.17, 15) is 0 Å². The Morgan fingerprint density at radius 2 is 2.25 bits per heavy atom. The van der Waals surface area contributed by atoms with Crippen molar-refractivity contribution in [2.24, 2.45) is 0 Å². The molecule has 0 atom stereocenters. The first-order valence-electron chi connectivity index (χ1n) is 5.35. The number of anilines is 1. The molecule has 0 aliphatic rings. The Balaban J connectivity index is 2.77. The zero-order valence-electron chi connectivity index (χ0n) is 10.0. The molecular weight excluding hydrogens is 202 g/mol. The standard InChI is InChI=1S/C12H17N3O/c1-4-16-8-7-15(3)12-11(9-13)6-5-10(2)14-12/h5-6H,4,7-8H2,1-3H3. The largest absolute Gasteiger partial charge is 0.380 e. The number of nitrogens with zero attached hydrogens (tertiary/aromatic N) is 3. The minimum atomic E-state index is 0.601. The Hall–Kier alpha value is -1.60. The summed E-state index contributed by atoms with van der Waals surface area (Å²) in [6.45, 7) is 5.97. The molecule has 0 amide bonds. The van der Waals surface area contributed by atoms with E-state index >= 15 is 0 Å². The van der Waals surface area contributed by atoms with Gasteiger partial charge in [0.05, 0.1) is 12.2 Å². The predicted molar refractivity (Wildman–Crippen MR) is 63.5 cm³/mol. The summed E-state index contributed by atoms with van der Waals surface area (Å²) >= 11 is 0. The molecule has 0 bridgehead atoms. The van der Waals surface area contributed by atoms with Crippen LogP contribution < -0.4 is 4.90 Å². The fourth-order valence-electron chi connectivity index (χ4n) is 1.37. The van der Waals surface area contributed by atoms with Crippen molar-refractivity contribution in [2.75, 3.05) is 31.7 Å². The Kier molecular flexibility index (Phi) is 4.74. The summed E-state index contributed by atoms with van der Waals surface area (Å²) in [7, 11) is 1.92. The lowest BCUT2D eigenvalue weighted by molar-refractivity contribution is 0.154. The highest BCUT2D eigenvalue weighted by Crippen LogP contribution is 2.15. The van der Waals surface area contributed by atoms with Gasteiger partial charge >= 0.3 is 0 Å². The molecule has 0 unspecified atom stereocenters. The Morgan fingerprint density at radius 3 is 2.88 bits per heavy atom. The quantitative estimate of drug-likeness (QED) is 0.708. The second kappa shape index (κ2) is 6.09. The van der Waals surface area contributed by atoms with E-state index in [1.807, 2.05) is 31.9 Å². The van der Waals surface area contributed by atoms with Gasteiger partial charge in [0.1, 0.15) is 11.9 Å².